The molecule has 1 N–H and O–H groups in total. The molecule has 1 aromatic heterocycles. The van der Waals surface area contributed by atoms with Crippen LogP contribution in [0.5, 0.6) is 11.5 Å². The van der Waals surface area contributed by atoms with Crippen molar-refractivity contribution in [2.75, 3.05) is 7.05 Å². The first-order chi connectivity index (χ1) is 9.15. The number of hydrogen-bond acceptors (Lipinski definition) is 3. The van der Waals surface area contributed by atoms with E-state index in [0.29, 0.717) is 17.1 Å². The zero-order valence-electron chi connectivity index (χ0n) is 11.4. The highest BCUT2D eigenvalue weighted by Crippen LogP contribution is 2.31. The Morgan fingerprint density at radius 3 is 2.89 bits per heavy atom. The summed E-state index contributed by atoms with van der Waals surface area (Å²) in [6, 6.07) is 4.71. The van der Waals surface area contributed by atoms with Crippen molar-refractivity contribution in [1.82, 2.24) is 15.1 Å². The van der Waals surface area contributed by atoms with Gasteiger partial charge in [0.2, 0.25) is 0 Å². The van der Waals surface area contributed by atoms with E-state index in [0.717, 1.165) is 6.54 Å². The van der Waals surface area contributed by atoms with E-state index >= 15 is 0 Å². The van der Waals surface area contributed by atoms with E-state index in [1.165, 1.54) is 6.07 Å². The number of hydrogen-bond donors (Lipinski definition) is 1. The van der Waals surface area contributed by atoms with Crippen LogP contribution in [-0.4, -0.2) is 16.8 Å². The second kappa shape index (κ2) is 5.84. The SMILES string of the molecule is CCn1cc(Oc2cccc(F)c2C(C)NC)cn1. The lowest BCUT2D eigenvalue weighted by Crippen LogP contribution is -2.14. The lowest BCUT2D eigenvalue weighted by atomic mass is 10.1. The first-order valence-corrected chi connectivity index (χ1v) is 6.31. The van der Waals surface area contributed by atoms with E-state index in [1.54, 1.807) is 36.3 Å². The predicted molar refractivity (Wildman–Crippen MR) is 71.8 cm³/mol. The summed E-state index contributed by atoms with van der Waals surface area (Å²) in [4.78, 5) is 0. The fraction of sp³-hybridized carbons (Fsp3) is 0.357. The molecule has 0 aliphatic carbocycles. The fourth-order valence-electron chi connectivity index (χ4n) is 1.87. The van der Waals surface area contributed by atoms with Crippen LogP contribution in [0.4, 0.5) is 4.39 Å². The molecule has 2 aromatic rings. The normalized spacial score (nSPS) is 12.4. The molecule has 1 heterocycles. The summed E-state index contributed by atoms with van der Waals surface area (Å²) in [5.41, 5.74) is 0.522. The van der Waals surface area contributed by atoms with Gasteiger partial charge in [-0.1, -0.05) is 6.07 Å². The Morgan fingerprint density at radius 2 is 2.26 bits per heavy atom. The van der Waals surface area contributed by atoms with Crippen LogP contribution in [0.25, 0.3) is 0 Å². The minimum Gasteiger partial charge on any atom is -0.454 e. The van der Waals surface area contributed by atoms with Gasteiger partial charge in [0.15, 0.2) is 5.75 Å². The maximum Gasteiger partial charge on any atom is 0.165 e. The van der Waals surface area contributed by atoms with Crippen molar-refractivity contribution < 1.29 is 9.13 Å². The summed E-state index contributed by atoms with van der Waals surface area (Å²) >= 11 is 0. The zero-order valence-corrected chi connectivity index (χ0v) is 11.4. The second-order valence-corrected chi connectivity index (χ2v) is 4.30. The smallest absolute Gasteiger partial charge is 0.165 e. The lowest BCUT2D eigenvalue weighted by molar-refractivity contribution is 0.451. The van der Waals surface area contributed by atoms with Gasteiger partial charge in [-0.05, 0) is 33.0 Å². The molecule has 1 unspecified atom stereocenters. The molecule has 0 saturated heterocycles. The highest BCUT2D eigenvalue weighted by atomic mass is 19.1. The van der Waals surface area contributed by atoms with Crippen LogP contribution in [0, 0.1) is 5.82 Å². The van der Waals surface area contributed by atoms with Crippen molar-refractivity contribution >= 4 is 0 Å². The van der Waals surface area contributed by atoms with Gasteiger partial charge in [-0.3, -0.25) is 4.68 Å². The molecular formula is C14H18FN3O. The molecule has 5 heteroatoms. The van der Waals surface area contributed by atoms with E-state index < -0.39 is 0 Å². The summed E-state index contributed by atoms with van der Waals surface area (Å²) in [6.07, 6.45) is 3.42. The molecule has 19 heavy (non-hydrogen) atoms. The molecule has 0 aliphatic rings. The third-order valence-corrected chi connectivity index (χ3v) is 3.04. The molecule has 102 valence electrons. The Kier molecular flexibility index (Phi) is 4.16. The molecule has 0 bridgehead atoms. The highest BCUT2D eigenvalue weighted by molar-refractivity contribution is 5.39. The van der Waals surface area contributed by atoms with E-state index in [9.17, 15) is 4.39 Å². The van der Waals surface area contributed by atoms with Crippen LogP contribution in [0.1, 0.15) is 25.5 Å². The summed E-state index contributed by atoms with van der Waals surface area (Å²) in [6.45, 7) is 4.65. The van der Waals surface area contributed by atoms with Crippen molar-refractivity contribution in [2.45, 2.75) is 26.4 Å². The standard InChI is InChI=1S/C14H18FN3O/c1-4-18-9-11(8-17-18)19-13-7-5-6-12(15)14(13)10(2)16-3/h5-10,16H,4H2,1-3H3. The van der Waals surface area contributed by atoms with Crippen LogP contribution in [0.3, 0.4) is 0 Å². The summed E-state index contributed by atoms with van der Waals surface area (Å²) in [7, 11) is 1.79. The molecule has 2 rings (SSSR count). The first kappa shape index (κ1) is 13.5. The Balaban J connectivity index is 2.31. The lowest BCUT2D eigenvalue weighted by Gasteiger charge is -2.16. The topological polar surface area (TPSA) is 39.1 Å². The van der Waals surface area contributed by atoms with Crippen LogP contribution < -0.4 is 10.1 Å². The zero-order chi connectivity index (χ0) is 13.8. The Bertz CT molecular complexity index is 553. The average Bonchev–Trinajstić information content (AvgIpc) is 2.86. The number of rotatable bonds is 5. The number of ether oxygens (including phenoxy) is 1. The first-order valence-electron chi connectivity index (χ1n) is 6.31. The van der Waals surface area contributed by atoms with Crippen molar-refractivity contribution in [2.24, 2.45) is 0 Å². The van der Waals surface area contributed by atoms with Crippen LogP contribution in [0.2, 0.25) is 0 Å². The van der Waals surface area contributed by atoms with Gasteiger partial charge >= 0.3 is 0 Å². The third-order valence-electron chi connectivity index (χ3n) is 3.04. The Morgan fingerprint density at radius 1 is 1.47 bits per heavy atom. The van der Waals surface area contributed by atoms with Crippen molar-refractivity contribution in [3.63, 3.8) is 0 Å². The van der Waals surface area contributed by atoms with Crippen molar-refractivity contribution in [3.05, 3.63) is 42.0 Å². The Hall–Kier alpha value is -1.88. The van der Waals surface area contributed by atoms with Gasteiger partial charge < -0.3 is 10.1 Å². The van der Waals surface area contributed by atoms with Gasteiger partial charge in [0.1, 0.15) is 11.6 Å². The molecule has 4 nitrogen and oxygen atoms in total. The monoisotopic (exact) mass is 263 g/mol. The molecule has 1 atom stereocenters. The molecule has 0 saturated carbocycles. The molecule has 0 amide bonds. The number of halogens is 1. The van der Waals surface area contributed by atoms with Crippen molar-refractivity contribution in [3.8, 4) is 11.5 Å². The molecule has 0 spiro atoms. The minimum absolute atomic E-state index is 0.127. The molecule has 0 aliphatic heterocycles. The van der Waals surface area contributed by atoms with Gasteiger partial charge in [0.05, 0.1) is 12.4 Å². The van der Waals surface area contributed by atoms with Crippen LogP contribution >= 0.6 is 0 Å². The van der Waals surface area contributed by atoms with Gasteiger partial charge in [0.25, 0.3) is 0 Å². The fourth-order valence-corrected chi connectivity index (χ4v) is 1.87. The summed E-state index contributed by atoms with van der Waals surface area (Å²) < 4.78 is 21.4. The van der Waals surface area contributed by atoms with Crippen LogP contribution in [0.15, 0.2) is 30.6 Å². The van der Waals surface area contributed by atoms with Crippen molar-refractivity contribution in [1.29, 1.82) is 0 Å². The highest BCUT2D eigenvalue weighted by Gasteiger charge is 2.16. The average molecular weight is 263 g/mol. The minimum atomic E-state index is -0.276. The van der Waals surface area contributed by atoms with Gasteiger partial charge in [-0.15, -0.1) is 0 Å². The number of nitrogens with one attached hydrogen (secondary N) is 1. The third kappa shape index (κ3) is 2.93. The largest absolute Gasteiger partial charge is 0.454 e. The van der Waals surface area contributed by atoms with Crippen LogP contribution in [-0.2, 0) is 6.54 Å². The number of nitrogens with zero attached hydrogens (tertiary/aromatic N) is 2. The molecule has 0 fully saturated rings. The maximum atomic E-state index is 13.9. The summed E-state index contributed by atoms with van der Waals surface area (Å²) in [5.74, 6) is 0.844. The quantitative estimate of drug-likeness (QED) is 0.900. The Labute approximate surface area is 112 Å². The van der Waals surface area contributed by atoms with E-state index in [4.69, 9.17) is 4.74 Å². The molecular weight excluding hydrogens is 245 g/mol. The number of aryl methyl sites for hydroxylation is 1. The van der Waals surface area contributed by atoms with E-state index in [2.05, 4.69) is 10.4 Å². The van der Waals surface area contributed by atoms with Gasteiger partial charge in [0, 0.05) is 18.2 Å². The van der Waals surface area contributed by atoms with E-state index in [1.807, 2.05) is 13.8 Å². The predicted octanol–water partition coefficient (Wildman–Crippen LogP) is 3.11. The van der Waals surface area contributed by atoms with Gasteiger partial charge in [-0.2, -0.15) is 5.10 Å². The number of aromatic nitrogens is 2. The maximum absolute atomic E-state index is 13.9. The second-order valence-electron chi connectivity index (χ2n) is 4.30. The van der Waals surface area contributed by atoms with E-state index in [-0.39, 0.29) is 11.9 Å². The molecule has 0 radical (unpaired) electrons. The molecule has 1 aromatic carbocycles. The number of benzene rings is 1. The summed E-state index contributed by atoms with van der Waals surface area (Å²) in [5, 5.41) is 7.15. The van der Waals surface area contributed by atoms with Gasteiger partial charge in [-0.25, -0.2) is 4.39 Å².